The van der Waals surface area contributed by atoms with Crippen LogP contribution in [-0.2, 0) is 11.2 Å². The molecule has 2 rings (SSSR count). The lowest BCUT2D eigenvalue weighted by Crippen LogP contribution is -2.16. The predicted molar refractivity (Wildman–Crippen MR) is 66.9 cm³/mol. The molecule has 6 heteroatoms. The lowest BCUT2D eigenvalue weighted by molar-refractivity contribution is -0.115. The van der Waals surface area contributed by atoms with Crippen LogP contribution in [0.4, 0.5) is 11.5 Å². The number of pyridine rings is 2. The van der Waals surface area contributed by atoms with Crippen molar-refractivity contribution >= 4 is 17.4 Å². The standard InChI is InChI=1S/C12H12N4O2/c13-8-3-4-9(15-7-8)6-11(18)16-12-10(17)2-1-5-14-12/h1-5,7,17H,6,13H2,(H,14,16,18). The van der Waals surface area contributed by atoms with Crippen LogP contribution in [-0.4, -0.2) is 21.0 Å². The molecule has 0 radical (unpaired) electrons. The Morgan fingerprint density at radius 2 is 2.17 bits per heavy atom. The van der Waals surface area contributed by atoms with Gasteiger partial charge in [-0.2, -0.15) is 0 Å². The van der Waals surface area contributed by atoms with Gasteiger partial charge in [0.2, 0.25) is 5.91 Å². The van der Waals surface area contributed by atoms with Gasteiger partial charge in [-0.3, -0.25) is 9.78 Å². The number of anilines is 2. The minimum atomic E-state index is -0.304. The lowest BCUT2D eigenvalue weighted by atomic mass is 10.2. The SMILES string of the molecule is Nc1ccc(CC(=O)Nc2ncccc2O)nc1. The number of aromatic hydroxyl groups is 1. The molecule has 0 aliphatic carbocycles. The lowest BCUT2D eigenvalue weighted by Gasteiger charge is -2.05. The normalized spacial score (nSPS) is 10.0. The molecule has 4 N–H and O–H groups in total. The number of carbonyl (C=O) groups excluding carboxylic acids is 1. The third-order valence-electron chi connectivity index (χ3n) is 2.23. The molecule has 0 atom stereocenters. The van der Waals surface area contributed by atoms with E-state index in [0.717, 1.165) is 0 Å². The molecule has 0 saturated heterocycles. The number of amides is 1. The number of nitrogens with one attached hydrogen (secondary N) is 1. The van der Waals surface area contributed by atoms with Gasteiger partial charge in [0.05, 0.1) is 18.3 Å². The van der Waals surface area contributed by atoms with Crippen molar-refractivity contribution in [3.63, 3.8) is 0 Å². The van der Waals surface area contributed by atoms with Crippen molar-refractivity contribution in [2.24, 2.45) is 0 Å². The Labute approximate surface area is 104 Å². The second-order valence-corrected chi connectivity index (χ2v) is 3.68. The highest BCUT2D eigenvalue weighted by molar-refractivity contribution is 5.92. The summed E-state index contributed by atoms with van der Waals surface area (Å²) in [4.78, 5) is 19.6. The van der Waals surface area contributed by atoms with Crippen LogP contribution in [0.3, 0.4) is 0 Å². The van der Waals surface area contributed by atoms with Gasteiger partial charge in [0.1, 0.15) is 0 Å². The van der Waals surface area contributed by atoms with E-state index in [4.69, 9.17) is 5.73 Å². The molecular formula is C12H12N4O2. The van der Waals surface area contributed by atoms with E-state index in [9.17, 15) is 9.90 Å². The maximum atomic E-state index is 11.7. The monoisotopic (exact) mass is 244 g/mol. The summed E-state index contributed by atoms with van der Waals surface area (Å²) in [5, 5.41) is 12.0. The van der Waals surface area contributed by atoms with Crippen LogP contribution in [0.5, 0.6) is 5.75 Å². The third-order valence-corrected chi connectivity index (χ3v) is 2.23. The number of carbonyl (C=O) groups is 1. The first-order chi connectivity index (χ1) is 8.65. The van der Waals surface area contributed by atoms with E-state index in [2.05, 4.69) is 15.3 Å². The number of nitrogen functional groups attached to an aromatic ring is 1. The van der Waals surface area contributed by atoms with E-state index >= 15 is 0 Å². The molecule has 0 unspecified atom stereocenters. The van der Waals surface area contributed by atoms with E-state index in [1.165, 1.54) is 18.5 Å². The molecule has 0 spiro atoms. The van der Waals surface area contributed by atoms with Crippen LogP contribution < -0.4 is 11.1 Å². The van der Waals surface area contributed by atoms with E-state index < -0.39 is 0 Å². The van der Waals surface area contributed by atoms with Gasteiger partial charge in [-0.1, -0.05) is 0 Å². The highest BCUT2D eigenvalue weighted by atomic mass is 16.3. The van der Waals surface area contributed by atoms with Crippen LogP contribution in [0, 0.1) is 0 Å². The minimum absolute atomic E-state index is 0.0730. The fraction of sp³-hybridized carbons (Fsp3) is 0.0833. The van der Waals surface area contributed by atoms with Gasteiger partial charge in [0.15, 0.2) is 11.6 Å². The first-order valence-corrected chi connectivity index (χ1v) is 5.29. The molecule has 0 fully saturated rings. The summed E-state index contributed by atoms with van der Waals surface area (Å²) in [7, 11) is 0. The topological polar surface area (TPSA) is 101 Å². The van der Waals surface area contributed by atoms with E-state index in [0.29, 0.717) is 11.4 Å². The maximum absolute atomic E-state index is 11.7. The van der Waals surface area contributed by atoms with E-state index in [-0.39, 0.29) is 23.9 Å². The Morgan fingerprint density at radius 1 is 1.33 bits per heavy atom. The zero-order valence-electron chi connectivity index (χ0n) is 9.50. The quantitative estimate of drug-likeness (QED) is 0.746. The summed E-state index contributed by atoms with van der Waals surface area (Å²) in [6, 6.07) is 6.37. The van der Waals surface area contributed by atoms with Gasteiger partial charge in [-0.05, 0) is 24.3 Å². The van der Waals surface area contributed by atoms with Crippen molar-refractivity contribution in [1.29, 1.82) is 0 Å². The number of nitrogens with zero attached hydrogens (tertiary/aromatic N) is 2. The van der Waals surface area contributed by atoms with E-state index in [1.54, 1.807) is 18.2 Å². The second-order valence-electron chi connectivity index (χ2n) is 3.68. The molecule has 0 aliphatic rings. The molecule has 6 nitrogen and oxygen atoms in total. The minimum Gasteiger partial charge on any atom is -0.504 e. The van der Waals surface area contributed by atoms with Crippen LogP contribution in [0.25, 0.3) is 0 Å². The smallest absolute Gasteiger partial charge is 0.231 e. The number of hydrogen-bond donors (Lipinski definition) is 3. The first-order valence-electron chi connectivity index (χ1n) is 5.29. The summed E-state index contributed by atoms with van der Waals surface area (Å²) >= 11 is 0. The Kier molecular flexibility index (Phi) is 3.38. The highest BCUT2D eigenvalue weighted by Crippen LogP contribution is 2.18. The summed E-state index contributed by atoms with van der Waals surface area (Å²) in [5.41, 5.74) is 6.63. The zero-order valence-corrected chi connectivity index (χ0v) is 9.50. The van der Waals surface area contributed by atoms with Crippen molar-refractivity contribution in [3.05, 3.63) is 42.4 Å². The molecule has 1 amide bonds. The van der Waals surface area contributed by atoms with E-state index in [1.807, 2.05) is 0 Å². The summed E-state index contributed by atoms with van der Waals surface area (Å²) in [6.45, 7) is 0. The van der Waals surface area contributed by atoms with Crippen molar-refractivity contribution in [3.8, 4) is 5.75 Å². The van der Waals surface area contributed by atoms with Crippen LogP contribution in [0.2, 0.25) is 0 Å². The molecule has 18 heavy (non-hydrogen) atoms. The summed E-state index contributed by atoms with van der Waals surface area (Å²) in [6.07, 6.45) is 3.06. The average molecular weight is 244 g/mol. The Balaban J connectivity index is 2.01. The molecule has 2 heterocycles. The molecule has 0 aromatic carbocycles. The van der Waals surface area contributed by atoms with Gasteiger partial charge in [-0.15, -0.1) is 0 Å². The molecule has 0 aliphatic heterocycles. The van der Waals surface area contributed by atoms with Gasteiger partial charge in [-0.25, -0.2) is 4.98 Å². The molecule has 0 saturated carbocycles. The van der Waals surface area contributed by atoms with Crippen LogP contribution in [0.15, 0.2) is 36.7 Å². The molecule has 2 aromatic rings. The molecule has 92 valence electrons. The maximum Gasteiger partial charge on any atom is 0.231 e. The Morgan fingerprint density at radius 3 is 2.83 bits per heavy atom. The molecule has 2 aromatic heterocycles. The highest BCUT2D eigenvalue weighted by Gasteiger charge is 2.08. The third kappa shape index (κ3) is 2.94. The van der Waals surface area contributed by atoms with Gasteiger partial charge in [0, 0.05) is 11.9 Å². The zero-order chi connectivity index (χ0) is 13.0. The second kappa shape index (κ2) is 5.13. The van der Waals surface area contributed by atoms with Gasteiger partial charge >= 0.3 is 0 Å². The molecule has 0 bridgehead atoms. The number of nitrogens with two attached hydrogens (primary N) is 1. The first kappa shape index (κ1) is 11.8. The van der Waals surface area contributed by atoms with Gasteiger partial charge in [0.25, 0.3) is 0 Å². The Bertz CT molecular complexity index is 554. The number of rotatable bonds is 3. The van der Waals surface area contributed by atoms with Crippen molar-refractivity contribution in [2.45, 2.75) is 6.42 Å². The van der Waals surface area contributed by atoms with Crippen molar-refractivity contribution < 1.29 is 9.90 Å². The number of aromatic nitrogens is 2. The largest absolute Gasteiger partial charge is 0.504 e. The molecular weight excluding hydrogens is 232 g/mol. The van der Waals surface area contributed by atoms with Crippen molar-refractivity contribution in [2.75, 3.05) is 11.1 Å². The fourth-order valence-corrected chi connectivity index (χ4v) is 1.37. The van der Waals surface area contributed by atoms with Crippen LogP contribution in [0.1, 0.15) is 5.69 Å². The number of hydrogen-bond acceptors (Lipinski definition) is 5. The van der Waals surface area contributed by atoms with Gasteiger partial charge < -0.3 is 16.2 Å². The predicted octanol–water partition coefficient (Wildman–Crippen LogP) is 0.946. The average Bonchev–Trinajstić information content (AvgIpc) is 2.35. The fourth-order valence-electron chi connectivity index (χ4n) is 1.37. The summed E-state index contributed by atoms with van der Waals surface area (Å²) < 4.78 is 0. The van der Waals surface area contributed by atoms with Crippen molar-refractivity contribution in [1.82, 2.24) is 9.97 Å². The summed E-state index contributed by atoms with van der Waals surface area (Å²) in [5.74, 6) is -0.240. The van der Waals surface area contributed by atoms with Crippen LogP contribution >= 0.6 is 0 Å². The Hall–Kier alpha value is -2.63.